The van der Waals surface area contributed by atoms with Gasteiger partial charge in [-0.05, 0) is 48.7 Å². The van der Waals surface area contributed by atoms with Crippen LogP contribution in [0.2, 0.25) is 18.1 Å². The predicted molar refractivity (Wildman–Crippen MR) is 131 cm³/mol. The average Bonchev–Trinajstić information content (AvgIpc) is 3.41. The Kier molecular flexibility index (Phi) is 8.59. The first-order valence-corrected chi connectivity index (χ1v) is 14.4. The van der Waals surface area contributed by atoms with Crippen LogP contribution in [0.4, 0.5) is 0 Å². The monoisotopic (exact) mass is 448 g/mol. The van der Waals surface area contributed by atoms with Crippen LogP contribution in [0.15, 0.2) is 36.9 Å². The molecule has 2 rings (SSSR count). The van der Waals surface area contributed by atoms with Crippen LogP contribution in [0.1, 0.15) is 47.1 Å². The SMILES string of the molecule is C=C[C@H](CO[Si](C)(C)C(C)(C)C)[C@H](C)[C@]1(C)O[C@@H]1[C@@H](C)COCc1ccc(OC)cc1. The summed E-state index contributed by atoms with van der Waals surface area (Å²) in [5, 5.41) is 0.209. The van der Waals surface area contributed by atoms with E-state index in [9.17, 15) is 0 Å². The van der Waals surface area contributed by atoms with Crippen LogP contribution in [-0.2, 0) is 20.5 Å². The molecule has 0 bridgehead atoms. The summed E-state index contributed by atoms with van der Waals surface area (Å²) in [6, 6.07) is 8.01. The molecule has 0 aliphatic carbocycles. The number of ether oxygens (including phenoxy) is 3. The normalized spacial score (nSPS) is 24.4. The van der Waals surface area contributed by atoms with Gasteiger partial charge in [-0.1, -0.05) is 52.8 Å². The van der Waals surface area contributed by atoms with Gasteiger partial charge in [0.2, 0.25) is 0 Å². The van der Waals surface area contributed by atoms with Crippen LogP contribution in [0.25, 0.3) is 0 Å². The highest BCUT2D eigenvalue weighted by Gasteiger charge is 2.59. The van der Waals surface area contributed by atoms with E-state index < -0.39 is 8.32 Å². The molecular formula is C26H44O4Si. The molecule has 5 atom stereocenters. The van der Waals surface area contributed by atoms with Crippen molar-refractivity contribution in [2.45, 2.75) is 78.0 Å². The molecule has 0 amide bonds. The van der Waals surface area contributed by atoms with Crippen molar-refractivity contribution >= 4 is 8.32 Å². The number of hydrogen-bond donors (Lipinski definition) is 0. The number of methoxy groups -OCH3 is 1. The first-order valence-electron chi connectivity index (χ1n) is 11.5. The van der Waals surface area contributed by atoms with Gasteiger partial charge in [0.05, 0.1) is 32.0 Å². The van der Waals surface area contributed by atoms with Crippen LogP contribution < -0.4 is 4.74 Å². The minimum Gasteiger partial charge on any atom is -0.497 e. The van der Waals surface area contributed by atoms with E-state index in [0.717, 1.165) is 17.9 Å². The molecule has 0 unspecified atom stereocenters. The fourth-order valence-electron chi connectivity index (χ4n) is 3.82. The van der Waals surface area contributed by atoms with Crippen LogP contribution in [0, 0.1) is 17.8 Å². The van der Waals surface area contributed by atoms with Crippen molar-refractivity contribution in [2.24, 2.45) is 17.8 Å². The lowest BCUT2D eigenvalue weighted by atomic mass is 9.80. The highest BCUT2D eigenvalue weighted by atomic mass is 28.4. The first-order chi connectivity index (χ1) is 14.4. The minimum atomic E-state index is -1.78. The van der Waals surface area contributed by atoms with E-state index in [-0.39, 0.29) is 22.7 Å². The molecule has 5 heteroatoms. The summed E-state index contributed by atoms with van der Waals surface area (Å²) in [5.41, 5.74) is 0.994. The lowest BCUT2D eigenvalue weighted by molar-refractivity contribution is 0.0824. The molecule has 1 aliphatic rings. The second-order valence-corrected chi connectivity index (χ2v) is 15.6. The summed E-state index contributed by atoms with van der Waals surface area (Å²) in [7, 11) is -0.102. The van der Waals surface area contributed by atoms with E-state index >= 15 is 0 Å². The number of epoxide rings is 1. The van der Waals surface area contributed by atoms with Gasteiger partial charge in [-0.15, -0.1) is 6.58 Å². The summed E-state index contributed by atoms with van der Waals surface area (Å²) in [5.74, 6) is 1.81. The summed E-state index contributed by atoms with van der Waals surface area (Å²) < 4.78 is 23.9. The molecule has 1 aromatic rings. The number of benzene rings is 1. The van der Waals surface area contributed by atoms with Gasteiger partial charge in [-0.25, -0.2) is 0 Å². The standard InChI is InChI=1S/C26H44O4Si/c1-11-22(18-29-31(9,10)25(4,5)6)20(3)26(7)24(30-26)19(2)16-28-17-21-12-14-23(27-8)15-13-21/h11-15,19-20,22,24H,1,16-18H2,2-10H3/t19-,20-,22+,24+,26-/m0/s1. The van der Waals surface area contributed by atoms with Crippen molar-refractivity contribution in [3.05, 3.63) is 42.5 Å². The van der Waals surface area contributed by atoms with Crippen LogP contribution in [-0.4, -0.2) is 40.3 Å². The third kappa shape index (κ3) is 6.44. The van der Waals surface area contributed by atoms with Gasteiger partial charge >= 0.3 is 0 Å². The smallest absolute Gasteiger partial charge is 0.192 e. The molecule has 1 fully saturated rings. The van der Waals surface area contributed by atoms with Gasteiger partial charge in [0.25, 0.3) is 0 Å². The van der Waals surface area contributed by atoms with E-state index in [0.29, 0.717) is 25.0 Å². The fourth-order valence-corrected chi connectivity index (χ4v) is 4.86. The Labute approximate surface area is 191 Å². The van der Waals surface area contributed by atoms with Gasteiger partial charge in [-0.3, -0.25) is 0 Å². The van der Waals surface area contributed by atoms with Crippen molar-refractivity contribution in [1.29, 1.82) is 0 Å². The largest absolute Gasteiger partial charge is 0.497 e. The summed E-state index contributed by atoms with van der Waals surface area (Å²) >= 11 is 0. The van der Waals surface area contributed by atoms with Crippen molar-refractivity contribution in [2.75, 3.05) is 20.3 Å². The molecule has 0 N–H and O–H groups in total. The second-order valence-electron chi connectivity index (χ2n) is 10.8. The maximum absolute atomic E-state index is 6.50. The Hall–Kier alpha value is -1.14. The van der Waals surface area contributed by atoms with Gasteiger partial charge < -0.3 is 18.6 Å². The molecule has 1 heterocycles. The molecule has 0 aromatic heterocycles. The zero-order chi connectivity index (χ0) is 23.4. The molecule has 1 aromatic carbocycles. The molecule has 1 aliphatic heterocycles. The quantitative estimate of drug-likeness (QED) is 0.209. The van der Waals surface area contributed by atoms with Crippen LogP contribution in [0.5, 0.6) is 5.75 Å². The average molecular weight is 449 g/mol. The minimum absolute atomic E-state index is 0.154. The molecular weight excluding hydrogens is 404 g/mol. The van der Waals surface area contributed by atoms with Crippen molar-refractivity contribution in [3.63, 3.8) is 0 Å². The maximum Gasteiger partial charge on any atom is 0.192 e. The summed E-state index contributed by atoms with van der Waals surface area (Å²) in [6.45, 7) is 24.2. The van der Waals surface area contributed by atoms with E-state index in [4.69, 9.17) is 18.6 Å². The van der Waals surface area contributed by atoms with Crippen LogP contribution in [0.3, 0.4) is 0 Å². The molecule has 176 valence electrons. The molecule has 1 saturated heterocycles. The molecule has 31 heavy (non-hydrogen) atoms. The molecule has 0 saturated carbocycles. The van der Waals surface area contributed by atoms with Crippen LogP contribution >= 0.6 is 0 Å². The third-order valence-corrected chi connectivity index (χ3v) is 12.0. The van der Waals surface area contributed by atoms with E-state index in [1.54, 1.807) is 7.11 Å². The molecule has 0 radical (unpaired) electrons. The zero-order valence-electron chi connectivity index (χ0n) is 21.2. The van der Waals surface area contributed by atoms with Gasteiger partial charge in [0.1, 0.15) is 5.75 Å². The Morgan fingerprint density at radius 2 is 1.77 bits per heavy atom. The predicted octanol–water partition coefficient (Wildman–Crippen LogP) is 6.47. The van der Waals surface area contributed by atoms with E-state index in [1.165, 1.54) is 0 Å². The Bertz CT molecular complexity index is 709. The number of rotatable bonds is 12. The fraction of sp³-hybridized carbons (Fsp3) is 0.692. The lowest BCUT2D eigenvalue weighted by Crippen LogP contribution is -2.43. The summed E-state index contributed by atoms with van der Waals surface area (Å²) in [6.07, 6.45) is 2.25. The van der Waals surface area contributed by atoms with Crippen molar-refractivity contribution in [3.8, 4) is 5.75 Å². The lowest BCUT2D eigenvalue weighted by Gasteiger charge is -2.38. The Morgan fingerprint density at radius 3 is 2.29 bits per heavy atom. The second kappa shape index (κ2) is 10.2. The Balaban J connectivity index is 1.85. The number of hydrogen-bond acceptors (Lipinski definition) is 4. The highest BCUT2D eigenvalue weighted by molar-refractivity contribution is 6.74. The molecule has 0 spiro atoms. The topological polar surface area (TPSA) is 40.2 Å². The zero-order valence-corrected chi connectivity index (χ0v) is 22.2. The highest BCUT2D eigenvalue weighted by Crippen LogP contribution is 2.50. The van der Waals surface area contributed by atoms with Gasteiger partial charge in [0.15, 0.2) is 8.32 Å². The van der Waals surface area contributed by atoms with Gasteiger partial charge in [-0.2, -0.15) is 0 Å². The van der Waals surface area contributed by atoms with Crippen molar-refractivity contribution in [1.82, 2.24) is 0 Å². The molecule has 4 nitrogen and oxygen atoms in total. The maximum atomic E-state index is 6.50. The van der Waals surface area contributed by atoms with Gasteiger partial charge in [0, 0.05) is 18.4 Å². The first kappa shape index (κ1) is 26.1. The van der Waals surface area contributed by atoms with E-state index in [1.807, 2.05) is 30.3 Å². The van der Waals surface area contributed by atoms with Crippen molar-refractivity contribution < 1.29 is 18.6 Å². The summed E-state index contributed by atoms with van der Waals surface area (Å²) in [4.78, 5) is 0. The Morgan fingerprint density at radius 1 is 1.16 bits per heavy atom. The van der Waals surface area contributed by atoms with E-state index in [2.05, 4.69) is 61.2 Å². The third-order valence-electron chi connectivity index (χ3n) is 7.51.